The first-order valence-corrected chi connectivity index (χ1v) is 6.34. The summed E-state index contributed by atoms with van der Waals surface area (Å²) in [4.78, 5) is 19.0. The van der Waals surface area contributed by atoms with E-state index in [9.17, 15) is 4.79 Å². The van der Waals surface area contributed by atoms with Gasteiger partial charge in [-0.3, -0.25) is 4.79 Å². The molecule has 1 amide bonds. The molecule has 0 aliphatic heterocycles. The van der Waals surface area contributed by atoms with Crippen molar-refractivity contribution in [1.82, 2.24) is 15.3 Å². The zero-order valence-corrected chi connectivity index (χ0v) is 10.7. The standard InChI is InChI=1S/C14H18N4O/c15-13(11-5-2-1-3-6-11)14(19)18-8-4-7-12-16-9-10-17-12/h1-3,5-6,9-10,13H,4,7-8,15H2,(H,16,17)(H,18,19)/t13-/m1/s1. The Hall–Kier alpha value is -2.14. The van der Waals surface area contributed by atoms with Crippen molar-refractivity contribution in [3.8, 4) is 0 Å². The predicted molar refractivity (Wildman–Crippen MR) is 73.3 cm³/mol. The van der Waals surface area contributed by atoms with E-state index < -0.39 is 6.04 Å². The molecule has 19 heavy (non-hydrogen) atoms. The minimum Gasteiger partial charge on any atom is -0.354 e. The Kier molecular flexibility index (Phi) is 4.69. The Balaban J connectivity index is 1.72. The summed E-state index contributed by atoms with van der Waals surface area (Å²) in [6, 6.07) is 8.75. The van der Waals surface area contributed by atoms with Gasteiger partial charge >= 0.3 is 0 Å². The number of carbonyl (C=O) groups excluding carboxylic acids is 1. The Labute approximate surface area is 112 Å². The van der Waals surface area contributed by atoms with E-state index in [-0.39, 0.29) is 5.91 Å². The number of H-pyrrole nitrogens is 1. The van der Waals surface area contributed by atoms with E-state index in [2.05, 4.69) is 15.3 Å². The molecule has 0 radical (unpaired) electrons. The lowest BCUT2D eigenvalue weighted by Gasteiger charge is -2.12. The van der Waals surface area contributed by atoms with Crippen LogP contribution in [0.25, 0.3) is 0 Å². The first kappa shape index (κ1) is 13.3. The molecule has 1 atom stereocenters. The maximum Gasteiger partial charge on any atom is 0.241 e. The molecular weight excluding hydrogens is 240 g/mol. The van der Waals surface area contributed by atoms with Crippen molar-refractivity contribution in [2.24, 2.45) is 5.73 Å². The highest BCUT2D eigenvalue weighted by Crippen LogP contribution is 2.09. The topological polar surface area (TPSA) is 83.8 Å². The maximum absolute atomic E-state index is 11.8. The molecule has 0 unspecified atom stereocenters. The van der Waals surface area contributed by atoms with Crippen molar-refractivity contribution in [3.63, 3.8) is 0 Å². The monoisotopic (exact) mass is 258 g/mol. The zero-order valence-electron chi connectivity index (χ0n) is 10.7. The van der Waals surface area contributed by atoms with Crippen LogP contribution in [-0.2, 0) is 11.2 Å². The number of nitrogens with one attached hydrogen (secondary N) is 2. The Bertz CT molecular complexity index is 495. The van der Waals surface area contributed by atoms with E-state index >= 15 is 0 Å². The smallest absolute Gasteiger partial charge is 0.241 e. The van der Waals surface area contributed by atoms with Crippen LogP contribution in [0.1, 0.15) is 23.9 Å². The average Bonchev–Trinajstić information content (AvgIpc) is 2.96. The van der Waals surface area contributed by atoms with Gasteiger partial charge in [-0.15, -0.1) is 0 Å². The fourth-order valence-electron chi connectivity index (χ4n) is 1.82. The summed E-state index contributed by atoms with van der Waals surface area (Å²) in [6.07, 6.45) is 5.16. The molecule has 0 aliphatic carbocycles. The second-order valence-electron chi connectivity index (χ2n) is 4.32. The quantitative estimate of drug-likeness (QED) is 0.680. The van der Waals surface area contributed by atoms with Crippen LogP contribution in [0.5, 0.6) is 0 Å². The van der Waals surface area contributed by atoms with E-state index in [1.807, 2.05) is 30.3 Å². The fourth-order valence-corrected chi connectivity index (χ4v) is 1.82. The predicted octanol–water partition coefficient (Wildman–Crippen LogP) is 1.16. The molecule has 2 aromatic rings. The third-order valence-corrected chi connectivity index (χ3v) is 2.89. The maximum atomic E-state index is 11.8. The largest absolute Gasteiger partial charge is 0.354 e. The number of aromatic amines is 1. The molecular formula is C14H18N4O. The summed E-state index contributed by atoms with van der Waals surface area (Å²) >= 11 is 0. The number of carbonyl (C=O) groups is 1. The number of imidazole rings is 1. The summed E-state index contributed by atoms with van der Waals surface area (Å²) in [5, 5.41) is 2.84. The number of nitrogens with two attached hydrogens (primary N) is 1. The van der Waals surface area contributed by atoms with E-state index in [1.54, 1.807) is 12.4 Å². The zero-order chi connectivity index (χ0) is 13.5. The number of hydrogen-bond donors (Lipinski definition) is 3. The van der Waals surface area contributed by atoms with Crippen LogP contribution < -0.4 is 11.1 Å². The number of rotatable bonds is 6. The minimum atomic E-state index is -0.607. The van der Waals surface area contributed by atoms with Crippen molar-refractivity contribution >= 4 is 5.91 Å². The first-order valence-electron chi connectivity index (χ1n) is 6.34. The molecule has 0 saturated heterocycles. The van der Waals surface area contributed by atoms with E-state index in [1.165, 1.54) is 0 Å². The summed E-state index contributed by atoms with van der Waals surface area (Å²) in [5.74, 6) is 0.784. The third-order valence-electron chi connectivity index (χ3n) is 2.89. The second-order valence-corrected chi connectivity index (χ2v) is 4.32. The fraction of sp³-hybridized carbons (Fsp3) is 0.286. The Morgan fingerprint density at radius 3 is 2.84 bits per heavy atom. The summed E-state index contributed by atoms with van der Waals surface area (Å²) in [7, 11) is 0. The Morgan fingerprint density at radius 2 is 2.16 bits per heavy atom. The van der Waals surface area contributed by atoms with Crippen LogP contribution >= 0.6 is 0 Å². The van der Waals surface area contributed by atoms with Gasteiger partial charge in [0.25, 0.3) is 0 Å². The van der Waals surface area contributed by atoms with E-state index in [0.29, 0.717) is 6.54 Å². The lowest BCUT2D eigenvalue weighted by molar-refractivity contribution is -0.122. The van der Waals surface area contributed by atoms with Crippen LogP contribution in [0.3, 0.4) is 0 Å². The molecule has 5 heteroatoms. The average molecular weight is 258 g/mol. The van der Waals surface area contributed by atoms with Crippen LogP contribution in [0.4, 0.5) is 0 Å². The van der Waals surface area contributed by atoms with Gasteiger partial charge in [-0.1, -0.05) is 30.3 Å². The minimum absolute atomic E-state index is 0.148. The highest BCUT2D eigenvalue weighted by Gasteiger charge is 2.14. The van der Waals surface area contributed by atoms with E-state index in [4.69, 9.17) is 5.73 Å². The normalized spacial score (nSPS) is 12.1. The molecule has 0 spiro atoms. The van der Waals surface area contributed by atoms with Gasteiger partial charge in [0.1, 0.15) is 11.9 Å². The van der Waals surface area contributed by atoms with Crippen LogP contribution in [-0.4, -0.2) is 22.4 Å². The first-order chi connectivity index (χ1) is 9.27. The number of benzene rings is 1. The number of hydrogen-bond acceptors (Lipinski definition) is 3. The van der Waals surface area contributed by atoms with Crippen molar-refractivity contribution in [3.05, 3.63) is 54.1 Å². The Morgan fingerprint density at radius 1 is 1.37 bits per heavy atom. The molecule has 0 saturated carbocycles. The molecule has 1 aromatic heterocycles. The molecule has 100 valence electrons. The van der Waals surface area contributed by atoms with Crippen molar-refractivity contribution in [2.75, 3.05) is 6.54 Å². The lowest BCUT2D eigenvalue weighted by atomic mass is 10.1. The van der Waals surface area contributed by atoms with Gasteiger partial charge in [0.15, 0.2) is 0 Å². The van der Waals surface area contributed by atoms with E-state index in [0.717, 1.165) is 24.2 Å². The number of nitrogens with zero attached hydrogens (tertiary/aromatic N) is 1. The summed E-state index contributed by atoms with van der Waals surface area (Å²) in [6.45, 7) is 0.597. The summed E-state index contributed by atoms with van der Waals surface area (Å²) < 4.78 is 0. The van der Waals surface area contributed by atoms with Gasteiger partial charge in [-0.2, -0.15) is 0 Å². The van der Waals surface area contributed by atoms with Gasteiger partial charge in [-0.25, -0.2) is 4.98 Å². The highest BCUT2D eigenvalue weighted by atomic mass is 16.2. The van der Waals surface area contributed by atoms with Gasteiger partial charge < -0.3 is 16.0 Å². The van der Waals surface area contributed by atoms with Crippen LogP contribution in [0.2, 0.25) is 0 Å². The number of amides is 1. The molecule has 0 bridgehead atoms. The lowest BCUT2D eigenvalue weighted by Crippen LogP contribution is -2.34. The molecule has 2 rings (SSSR count). The van der Waals surface area contributed by atoms with Crippen molar-refractivity contribution < 1.29 is 4.79 Å². The number of aromatic nitrogens is 2. The molecule has 0 fully saturated rings. The van der Waals surface area contributed by atoms with Crippen molar-refractivity contribution in [1.29, 1.82) is 0 Å². The van der Waals surface area contributed by atoms with Crippen molar-refractivity contribution in [2.45, 2.75) is 18.9 Å². The number of aryl methyl sites for hydroxylation is 1. The van der Waals surface area contributed by atoms with Gasteiger partial charge in [0.05, 0.1) is 0 Å². The molecule has 4 N–H and O–H groups in total. The van der Waals surface area contributed by atoms with Crippen LogP contribution in [0, 0.1) is 0 Å². The molecule has 1 heterocycles. The third kappa shape index (κ3) is 3.93. The molecule has 5 nitrogen and oxygen atoms in total. The van der Waals surface area contributed by atoms with Gasteiger partial charge in [0, 0.05) is 25.4 Å². The van der Waals surface area contributed by atoms with Crippen LogP contribution in [0.15, 0.2) is 42.7 Å². The SMILES string of the molecule is N[C@@H](C(=O)NCCCc1ncc[nH]1)c1ccccc1. The second kappa shape index (κ2) is 6.70. The molecule has 0 aliphatic rings. The van der Waals surface area contributed by atoms with Gasteiger partial charge in [0.2, 0.25) is 5.91 Å². The summed E-state index contributed by atoms with van der Waals surface area (Å²) in [5.41, 5.74) is 6.71. The highest BCUT2D eigenvalue weighted by molar-refractivity contribution is 5.82. The molecule has 1 aromatic carbocycles. The van der Waals surface area contributed by atoms with Gasteiger partial charge in [-0.05, 0) is 12.0 Å².